The van der Waals surface area contributed by atoms with E-state index in [0.717, 1.165) is 0 Å². The van der Waals surface area contributed by atoms with Gasteiger partial charge < -0.3 is 0 Å². The van der Waals surface area contributed by atoms with Crippen molar-refractivity contribution in [1.82, 2.24) is 0 Å². The third kappa shape index (κ3) is 4.82. The summed E-state index contributed by atoms with van der Waals surface area (Å²) in [6, 6.07) is 52.7. The lowest BCUT2D eigenvalue weighted by Crippen LogP contribution is -1.88. The minimum absolute atomic E-state index is 1.22. The van der Waals surface area contributed by atoms with Crippen molar-refractivity contribution in [3.63, 3.8) is 0 Å². The summed E-state index contributed by atoms with van der Waals surface area (Å²) in [6.45, 7) is 4.31. The van der Waals surface area contributed by atoms with Crippen LogP contribution < -0.4 is 0 Å². The van der Waals surface area contributed by atoms with Crippen LogP contribution in [0.4, 0.5) is 0 Å². The van der Waals surface area contributed by atoms with E-state index < -0.39 is 0 Å². The molecule has 0 atom stereocenters. The molecule has 182 valence electrons. The minimum atomic E-state index is 1.22. The van der Waals surface area contributed by atoms with E-state index in [-0.39, 0.29) is 0 Å². The summed E-state index contributed by atoms with van der Waals surface area (Å²) in [5.41, 5.74) is 15.0. The fraction of sp³-hybridized carbons (Fsp3) is 0.0526. The Hall–Kier alpha value is -4.68. The SMILES string of the molecule is Cc1ccc(-c2ccc(-c3ccc(-c4ccc(C)cc4-c4ccccc4)cc3)cc2)c(-c2ccccc2)c1. The standard InChI is InChI=1S/C38H30/c1-27-13-23-35(37(25-27)31-9-5-3-6-10-31)33-19-15-29(16-20-33)30-17-21-34(22-18-30)36-24-14-28(2)26-38(36)32-11-7-4-8-12-32/h3-26H,1-2H3. The average Bonchev–Trinajstić information content (AvgIpc) is 2.98. The first-order valence-electron chi connectivity index (χ1n) is 13.2. The zero-order valence-electron chi connectivity index (χ0n) is 21.9. The van der Waals surface area contributed by atoms with Crippen molar-refractivity contribution < 1.29 is 0 Å². The molecule has 38 heavy (non-hydrogen) atoms. The third-order valence-electron chi connectivity index (χ3n) is 7.24. The van der Waals surface area contributed by atoms with Gasteiger partial charge in [-0.25, -0.2) is 0 Å². The minimum Gasteiger partial charge on any atom is -0.0622 e. The van der Waals surface area contributed by atoms with E-state index in [2.05, 4.69) is 159 Å². The van der Waals surface area contributed by atoms with E-state index >= 15 is 0 Å². The van der Waals surface area contributed by atoms with Crippen molar-refractivity contribution in [2.45, 2.75) is 13.8 Å². The largest absolute Gasteiger partial charge is 0.0622 e. The summed E-state index contributed by atoms with van der Waals surface area (Å²) in [5.74, 6) is 0. The van der Waals surface area contributed by atoms with Gasteiger partial charge in [0, 0.05) is 0 Å². The van der Waals surface area contributed by atoms with Crippen molar-refractivity contribution in [1.29, 1.82) is 0 Å². The molecule has 0 bridgehead atoms. The fourth-order valence-electron chi connectivity index (χ4n) is 5.22. The Kier molecular flexibility index (Phi) is 6.46. The molecule has 0 heteroatoms. The first-order chi connectivity index (χ1) is 18.7. The lowest BCUT2D eigenvalue weighted by Gasteiger charge is -2.13. The van der Waals surface area contributed by atoms with Crippen LogP contribution in [0.15, 0.2) is 146 Å². The van der Waals surface area contributed by atoms with Crippen LogP contribution in [0.2, 0.25) is 0 Å². The molecule has 0 aromatic heterocycles. The maximum atomic E-state index is 2.28. The molecule has 0 fully saturated rings. The number of aryl methyl sites for hydroxylation is 2. The monoisotopic (exact) mass is 486 g/mol. The van der Waals surface area contributed by atoms with E-state index in [4.69, 9.17) is 0 Å². The van der Waals surface area contributed by atoms with Crippen molar-refractivity contribution in [3.8, 4) is 55.6 Å². The van der Waals surface area contributed by atoms with Gasteiger partial charge in [0.25, 0.3) is 0 Å². The molecule has 0 unspecified atom stereocenters. The van der Waals surface area contributed by atoms with Gasteiger partial charge in [-0.2, -0.15) is 0 Å². The molecule has 0 radical (unpaired) electrons. The maximum absolute atomic E-state index is 2.28. The second kappa shape index (κ2) is 10.4. The normalized spacial score (nSPS) is 10.9. The van der Waals surface area contributed by atoms with Gasteiger partial charge in [0.15, 0.2) is 0 Å². The molecule has 0 saturated carbocycles. The first-order valence-corrected chi connectivity index (χ1v) is 13.2. The van der Waals surface area contributed by atoms with Crippen LogP contribution in [-0.4, -0.2) is 0 Å². The van der Waals surface area contributed by atoms with Crippen LogP contribution in [0.25, 0.3) is 55.6 Å². The van der Waals surface area contributed by atoms with Gasteiger partial charge in [-0.1, -0.05) is 157 Å². The van der Waals surface area contributed by atoms with Crippen LogP contribution >= 0.6 is 0 Å². The van der Waals surface area contributed by atoms with Crippen LogP contribution in [-0.2, 0) is 0 Å². The molecular weight excluding hydrogens is 456 g/mol. The fourth-order valence-corrected chi connectivity index (χ4v) is 5.22. The van der Waals surface area contributed by atoms with Gasteiger partial charge in [0.05, 0.1) is 0 Å². The smallest absolute Gasteiger partial charge is 0.0103 e. The van der Waals surface area contributed by atoms with Crippen molar-refractivity contribution >= 4 is 0 Å². The molecular formula is C38H30. The molecule has 0 aliphatic carbocycles. The summed E-state index contributed by atoms with van der Waals surface area (Å²) >= 11 is 0. The Morgan fingerprint density at radius 2 is 0.579 bits per heavy atom. The predicted molar refractivity (Wildman–Crippen MR) is 163 cm³/mol. The van der Waals surface area contributed by atoms with Crippen molar-refractivity contribution in [2.75, 3.05) is 0 Å². The molecule has 0 N–H and O–H groups in total. The highest BCUT2D eigenvalue weighted by atomic mass is 14.1. The predicted octanol–water partition coefficient (Wildman–Crippen LogP) is 10.6. The molecule has 0 amide bonds. The van der Waals surface area contributed by atoms with Gasteiger partial charge in [-0.15, -0.1) is 0 Å². The molecule has 0 nitrogen and oxygen atoms in total. The average molecular weight is 487 g/mol. The zero-order valence-corrected chi connectivity index (χ0v) is 21.9. The Balaban J connectivity index is 1.31. The second-order valence-electron chi connectivity index (χ2n) is 9.98. The van der Waals surface area contributed by atoms with Crippen LogP contribution in [0, 0.1) is 13.8 Å². The molecule has 6 aromatic carbocycles. The molecule has 0 aliphatic rings. The summed E-state index contributed by atoms with van der Waals surface area (Å²) in [5, 5.41) is 0. The molecule has 0 aliphatic heterocycles. The number of rotatable bonds is 5. The van der Waals surface area contributed by atoms with E-state index in [9.17, 15) is 0 Å². The summed E-state index contributed by atoms with van der Waals surface area (Å²) in [7, 11) is 0. The lowest BCUT2D eigenvalue weighted by atomic mass is 9.91. The van der Waals surface area contributed by atoms with E-state index in [1.165, 1.54) is 66.8 Å². The van der Waals surface area contributed by atoms with Crippen molar-refractivity contribution in [3.05, 3.63) is 157 Å². The Morgan fingerprint density at radius 1 is 0.263 bits per heavy atom. The van der Waals surface area contributed by atoms with E-state index in [0.29, 0.717) is 0 Å². The van der Waals surface area contributed by atoms with Crippen LogP contribution in [0.1, 0.15) is 11.1 Å². The molecule has 6 rings (SSSR count). The number of hydrogen-bond donors (Lipinski definition) is 0. The first kappa shape index (κ1) is 23.7. The summed E-state index contributed by atoms with van der Waals surface area (Å²) in [6.07, 6.45) is 0. The highest BCUT2D eigenvalue weighted by molar-refractivity contribution is 5.86. The number of hydrogen-bond acceptors (Lipinski definition) is 0. The lowest BCUT2D eigenvalue weighted by molar-refractivity contribution is 1.46. The van der Waals surface area contributed by atoms with E-state index in [1.54, 1.807) is 0 Å². The van der Waals surface area contributed by atoms with E-state index in [1.807, 2.05) is 0 Å². The Morgan fingerprint density at radius 3 is 0.947 bits per heavy atom. The van der Waals surface area contributed by atoms with Gasteiger partial charge in [0.2, 0.25) is 0 Å². The second-order valence-corrected chi connectivity index (χ2v) is 9.98. The van der Waals surface area contributed by atoms with Gasteiger partial charge in [-0.3, -0.25) is 0 Å². The molecule has 0 spiro atoms. The van der Waals surface area contributed by atoms with Gasteiger partial charge in [0.1, 0.15) is 0 Å². The highest BCUT2D eigenvalue weighted by Crippen LogP contribution is 2.36. The summed E-state index contributed by atoms with van der Waals surface area (Å²) < 4.78 is 0. The summed E-state index contributed by atoms with van der Waals surface area (Å²) in [4.78, 5) is 0. The molecule has 6 aromatic rings. The quantitative estimate of drug-likeness (QED) is 0.227. The highest BCUT2D eigenvalue weighted by Gasteiger charge is 2.10. The zero-order chi connectivity index (χ0) is 25.9. The van der Waals surface area contributed by atoms with Crippen LogP contribution in [0.3, 0.4) is 0 Å². The third-order valence-corrected chi connectivity index (χ3v) is 7.24. The van der Waals surface area contributed by atoms with Crippen molar-refractivity contribution in [2.24, 2.45) is 0 Å². The Labute approximate surface area is 225 Å². The topological polar surface area (TPSA) is 0 Å². The van der Waals surface area contributed by atoms with Gasteiger partial charge in [-0.05, 0) is 69.5 Å². The number of benzene rings is 6. The van der Waals surface area contributed by atoms with Gasteiger partial charge >= 0.3 is 0 Å². The maximum Gasteiger partial charge on any atom is -0.0103 e. The molecule has 0 heterocycles. The Bertz CT molecular complexity index is 1540. The molecule has 0 saturated heterocycles. The van der Waals surface area contributed by atoms with Crippen LogP contribution in [0.5, 0.6) is 0 Å².